The summed E-state index contributed by atoms with van der Waals surface area (Å²) < 4.78 is 11.1. The van der Waals surface area contributed by atoms with Crippen molar-refractivity contribution in [2.45, 2.75) is 51.4 Å². The van der Waals surface area contributed by atoms with Crippen LogP contribution in [0.5, 0.6) is 0 Å². The molecule has 1 aromatic carbocycles. The molecule has 3 atom stereocenters. The molecule has 2 aliphatic rings. The van der Waals surface area contributed by atoms with E-state index in [-0.39, 0.29) is 12.4 Å². The smallest absolute Gasteiger partial charge is 0.0716 e. The number of ether oxygens (including phenoxy) is 2. The van der Waals surface area contributed by atoms with E-state index in [4.69, 9.17) is 9.47 Å². The van der Waals surface area contributed by atoms with Crippen molar-refractivity contribution in [3.8, 4) is 0 Å². The van der Waals surface area contributed by atoms with Crippen molar-refractivity contribution in [2.75, 3.05) is 26.4 Å². The fourth-order valence-corrected chi connectivity index (χ4v) is 3.81. The maximum Gasteiger partial charge on any atom is 0.0716 e. The monoisotopic (exact) mass is 354 g/mol. The lowest BCUT2D eigenvalue weighted by atomic mass is 9.94. The minimum atomic E-state index is 0. The Morgan fingerprint density at radius 3 is 2.71 bits per heavy atom. The summed E-state index contributed by atoms with van der Waals surface area (Å²) in [5.74, 6) is 0.701. The molecule has 136 valence electrons. The summed E-state index contributed by atoms with van der Waals surface area (Å²) >= 11 is 0. The van der Waals surface area contributed by atoms with Crippen molar-refractivity contribution in [2.24, 2.45) is 5.92 Å². The van der Waals surface area contributed by atoms with E-state index < -0.39 is 0 Å². The Bertz CT molecular complexity index is 463. The second kappa shape index (κ2) is 10.4. The van der Waals surface area contributed by atoms with E-state index >= 15 is 0 Å². The fraction of sp³-hybridized carbons (Fsp3) is 0.684. The molecule has 4 nitrogen and oxygen atoms in total. The Morgan fingerprint density at radius 2 is 2.00 bits per heavy atom. The van der Waals surface area contributed by atoms with Gasteiger partial charge in [-0.2, -0.15) is 0 Å². The number of nitrogens with one attached hydrogen (secondary N) is 2. The van der Waals surface area contributed by atoms with Crippen LogP contribution >= 0.6 is 12.4 Å². The van der Waals surface area contributed by atoms with Gasteiger partial charge in [0.25, 0.3) is 0 Å². The van der Waals surface area contributed by atoms with E-state index in [1.54, 1.807) is 0 Å². The molecule has 0 bridgehead atoms. The van der Waals surface area contributed by atoms with Crippen molar-refractivity contribution < 1.29 is 9.47 Å². The molecule has 3 rings (SSSR count). The lowest BCUT2D eigenvalue weighted by Gasteiger charge is -2.33. The Morgan fingerprint density at radius 1 is 1.21 bits per heavy atom. The first kappa shape index (κ1) is 19.7. The molecule has 0 spiro atoms. The summed E-state index contributed by atoms with van der Waals surface area (Å²) in [7, 11) is 0. The number of rotatable bonds is 7. The number of hydrogen-bond acceptors (Lipinski definition) is 4. The van der Waals surface area contributed by atoms with E-state index in [1.165, 1.54) is 30.4 Å². The highest BCUT2D eigenvalue weighted by atomic mass is 35.5. The molecule has 2 fully saturated rings. The van der Waals surface area contributed by atoms with Crippen LogP contribution in [-0.4, -0.2) is 38.4 Å². The van der Waals surface area contributed by atoms with Crippen LogP contribution in [0.25, 0.3) is 0 Å². The Hall–Kier alpha value is -0.650. The van der Waals surface area contributed by atoms with Crippen molar-refractivity contribution in [3.05, 3.63) is 35.4 Å². The van der Waals surface area contributed by atoms with Crippen LogP contribution in [0.1, 0.15) is 37.3 Å². The molecular formula is C19H31ClN2O2. The van der Waals surface area contributed by atoms with Gasteiger partial charge in [0.1, 0.15) is 0 Å². The van der Waals surface area contributed by atoms with Gasteiger partial charge in [0.15, 0.2) is 0 Å². The summed E-state index contributed by atoms with van der Waals surface area (Å²) in [5.41, 5.74) is 2.60. The number of morpholine rings is 1. The largest absolute Gasteiger partial charge is 0.379 e. The fourth-order valence-electron chi connectivity index (χ4n) is 3.81. The molecular weight excluding hydrogens is 324 g/mol. The molecule has 1 aromatic rings. The maximum atomic E-state index is 5.65. The SMILES string of the molecule is CCOCc1ccc(CNC2CCCC2C2COCCN2)cc1.Cl. The van der Waals surface area contributed by atoms with Gasteiger partial charge in [-0.3, -0.25) is 0 Å². The van der Waals surface area contributed by atoms with E-state index in [0.29, 0.717) is 24.6 Å². The summed E-state index contributed by atoms with van der Waals surface area (Å²) in [5, 5.41) is 7.42. The van der Waals surface area contributed by atoms with Crippen molar-refractivity contribution in [3.63, 3.8) is 0 Å². The minimum absolute atomic E-state index is 0. The van der Waals surface area contributed by atoms with Gasteiger partial charge in [0.05, 0.1) is 19.8 Å². The second-order valence-corrected chi connectivity index (χ2v) is 6.67. The van der Waals surface area contributed by atoms with Crippen LogP contribution in [0.15, 0.2) is 24.3 Å². The molecule has 3 unspecified atom stereocenters. The van der Waals surface area contributed by atoms with E-state index in [1.807, 2.05) is 6.92 Å². The molecule has 1 heterocycles. The standard InChI is InChI=1S/C19H30N2O2.ClH/c1-2-22-13-16-8-6-15(7-9-16)12-21-18-5-3-4-17(18)19-14-23-11-10-20-19;/h6-9,17-21H,2-5,10-14H2,1H3;1H. The molecule has 0 radical (unpaired) electrons. The van der Waals surface area contributed by atoms with Gasteiger partial charge in [-0.25, -0.2) is 0 Å². The average Bonchev–Trinajstić information content (AvgIpc) is 3.08. The lowest BCUT2D eigenvalue weighted by Crippen LogP contribution is -2.50. The van der Waals surface area contributed by atoms with Gasteiger partial charge in [-0.05, 0) is 36.8 Å². The Balaban J connectivity index is 0.00000208. The number of halogens is 1. The van der Waals surface area contributed by atoms with Crippen LogP contribution in [0.3, 0.4) is 0 Å². The predicted octanol–water partition coefficient (Wildman–Crippen LogP) is 2.89. The summed E-state index contributed by atoms with van der Waals surface area (Å²) in [6.45, 7) is 7.18. The highest BCUT2D eigenvalue weighted by Gasteiger charge is 2.34. The normalized spacial score (nSPS) is 27.0. The Labute approximate surface area is 152 Å². The van der Waals surface area contributed by atoms with Gasteiger partial charge in [0.2, 0.25) is 0 Å². The van der Waals surface area contributed by atoms with Crippen LogP contribution in [-0.2, 0) is 22.6 Å². The highest BCUT2D eigenvalue weighted by Crippen LogP contribution is 2.29. The topological polar surface area (TPSA) is 42.5 Å². The minimum Gasteiger partial charge on any atom is -0.379 e. The van der Waals surface area contributed by atoms with E-state index in [9.17, 15) is 0 Å². The molecule has 2 N–H and O–H groups in total. The van der Waals surface area contributed by atoms with Gasteiger partial charge in [-0.15, -0.1) is 12.4 Å². The maximum absolute atomic E-state index is 5.65. The number of benzene rings is 1. The third kappa shape index (κ3) is 5.43. The van der Waals surface area contributed by atoms with Gasteiger partial charge < -0.3 is 20.1 Å². The first-order valence-electron chi connectivity index (χ1n) is 9.07. The Kier molecular flexibility index (Phi) is 8.50. The zero-order valence-corrected chi connectivity index (χ0v) is 15.4. The van der Waals surface area contributed by atoms with Crippen molar-refractivity contribution in [1.82, 2.24) is 10.6 Å². The molecule has 0 amide bonds. The van der Waals surface area contributed by atoms with Gasteiger partial charge in [-0.1, -0.05) is 30.7 Å². The third-order valence-corrected chi connectivity index (χ3v) is 5.10. The zero-order valence-electron chi connectivity index (χ0n) is 14.6. The predicted molar refractivity (Wildman–Crippen MR) is 99.6 cm³/mol. The molecule has 1 saturated heterocycles. The quantitative estimate of drug-likeness (QED) is 0.790. The van der Waals surface area contributed by atoms with Crippen LogP contribution in [0, 0.1) is 5.92 Å². The average molecular weight is 355 g/mol. The second-order valence-electron chi connectivity index (χ2n) is 6.67. The first-order chi connectivity index (χ1) is 11.4. The molecule has 0 aromatic heterocycles. The molecule has 24 heavy (non-hydrogen) atoms. The molecule has 1 saturated carbocycles. The highest BCUT2D eigenvalue weighted by molar-refractivity contribution is 5.85. The molecule has 1 aliphatic heterocycles. The van der Waals surface area contributed by atoms with Gasteiger partial charge >= 0.3 is 0 Å². The van der Waals surface area contributed by atoms with Crippen LogP contribution in [0.4, 0.5) is 0 Å². The van der Waals surface area contributed by atoms with Crippen LogP contribution in [0.2, 0.25) is 0 Å². The van der Waals surface area contributed by atoms with Crippen molar-refractivity contribution >= 4 is 12.4 Å². The molecule has 1 aliphatic carbocycles. The van der Waals surface area contributed by atoms with Crippen molar-refractivity contribution in [1.29, 1.82) is 0 Å². The van der Waals surface area contributed by atoms with Gasteiger partial charge in [0, 0.05) is 31.8 Å². The summed E-state index contributed by atoms with van der Waals surface area (Å²) in [4.78, 5) is 0. The summed E-state index contributed by atoms with van der Waals surface area (Å²) in [6, 6.07) is 9.92. The van der Waals surface area contributed by atoms with E-state index in [0.717, 1.165) is 32.9 Å². The lowest BCUT2D eigenvalue weighted by molar-refractivity contribution is 0.0524. The number of hydrogen-bond donors (Lipinski definition) is 2. The van der Waals surface area contributed by atoms with E-state index in [2.05, 4.69) is 34.9 Å². The third-order valence-electron chi connectivity index (χ3n) is 5.10. The summed E-state index contributed by atoms with van der Waals surface area (Å²) in [6.07, 6.45) is 3.92. The van der Waals surface area contributed by atoms with Crippen LogP contribution < -0.4 is 10.6 Å². The zero-order chi connectivity index (χ0) is 15.9. The molecule has 5 heteroatoms. The first-order valence-corrected chi connectivity index (χ1v) is 9.07.